The van der Waals surface area contributed by atoms with E-state index in [1.54, 1.807) is 10.9 Å². The lowest BCUT2D eigenvalue weighted by molar-refractivity contribution is 0.0691. The van der Waals surface area contributed by atoms with Crippen molar-refractivity contribution in [2.45, 2.75) is 32.4 Å². The third-order valence-electron chi connectivity index (χ3n) is 2.82. The summed E-state index contributed by atoms with van der Waals surface area (Å²) in [6.45, 7) is 8.08. The standard InChI is InChI=1S/C13H19N3O3SSi/c1-21(2,3)5-4-19-9-16-7-10(6-14-16)12-15-11(8-20-12)13(17)18/h6-8H,4-5,9H2,1-3H3,(H,17,18). The van der Waals surface area contributed by atoms with E-state index in [1.807, 2.05) is 6.20 Å². The summed E-state index contributed by atoms with van der Waals surface area (Å²) in [5, 5.41) is 15.2. The van der Waals surface area contributed by atoms with Crippen LogP contribution in [0, 0.1) is 0 Å². The van der Waals surface area contributed by atoms with Gasteiger partial charge in [0.05, 0.1) is 6.20 Å². The molecule has 0 spiro atoms. The van der Waals surface area contributed by atoms with Gasteiger partial charge >= 0.3 is 5.97 Å². The van der Waals surface area contributed by atoms with E-state index >= 15 is 0 Å². The van der Waals surface area contributed by atoms with E-state index in [0.717, 1.165) is 18.2 Å². The van der Waals surface area contributed by atoms with Gasteiger partial charge in [-0.2, -0.15) is 5.10 Å². The molecule has 2 aromatic heterocycles. The maximum Gasteiger partial charge on any atom is 0.355 e. The van der Waals surface area contributed by atoms with Crippen LogP contribution in [0.15, 0.2) is 17.8 Å². The van der Waals surface area contributed by atoms with Crippen molar-refractivity contribution in [3.05, 3.63) is 23.5 Å². The Balaban J connectivity index is 1.90. The third kappa shape index (κ3) is 4.76. The number of hydrogen-bond donors (Lipinski definition) is 1. The monoisotopic (exact) mass is 325 g/mol. The van der Waals surface area contributed by atoms with Crippen molar-refractivity contribution in [3.8, 4) is 10.6 Å². The van der Waals surface area contributed by atoms with Crippen LogP contribution in [0.5, 0.6) is 0 Å². The van der Waals surface area contributed by atoms with Gasteiger partial charge in [0.2, 0.25) is 0 Å². The summed E-state index contributed by atoms with van der Waals surface area (Å²) in [7, 11) is -1.07. The van der Waals surface area contributed by atoms with Crippen molar-refractivity contribution < 1.29 is 14.6 Å². The second-order valence-electron chi connectivity index (χ2n) is 5.96. The molecule has 0 bridgehead atoms. The van der Waals surface area contributed by atoms with Crippen LogP contribution in [-0.4, -0.2) is 40.5 Å². The predicted octanol–water partition coefficient (Wildman–Crippen LogP) is 3.02. The summed E-state index contributed by atoms with van der Waals surface area (Å²) < 4.78 is 7.31. The maximum atomic E-state index is 10.8. The fraction of sp³-hybridized carbons (Fsp3) is 0.462. The molecule has 2 aromatic rings. The Morgan fingerprint density at radius 1 is 1.48 bits per heavy atom. The first-order valence-corrected chi connectivity index (χ1v) is 11.2. The summed E-state index contributed by atoms with van der Waals surface area (Å²) in [5.74, 6) is -1.01. The average molecular weight is 325 g/mol. The van der Waals surface area contributed by atoms with E-state index in [4.69, 9.17) is 9.84 Å². The minimum absolute atomic E-state index is 0.0640. The van der Waals surface area contributed by atoms with E-state index in [-0.39, 0.29) is 5.69 Å². The molecule has 0 saturated carbocycles. The van der Waals surface area contributed by atoms with Crippen LogP contribution in [0.4, 0.5) is 0 Å². The second kappa shape index (κ2) is 6.50. The van der Waals surface area contributed by atoms with Gasteiger partial charge in [-0.3, -0.25) is 0 Å². The molecule has 0 unspecified atom stereocenters. The van der Waals surface area contributed by atoms with Gasteiger partial charge in [0.1, 0.15) is 11.7 Å². The SMILES string of the molecule is C[Si](C)(C)CCOCn1cc(-c2nc(C(=O)O)cs2)cn1. The Kier molecular flexibility index (Phi) is 4.91. The van der Waals surface area contributed by atoms with Gasteiger partial charge < -0.3 is 9.84 Å². The number of hydrogen-bond acceptors (Lipinski definition) is 5. The van der Waals surface area contributed by atoms with Crippen LogP contribution < -0.4 is 0 Å². The highest BCUT2D eigenvalue weighted by Gasteiger charge is 2.13. The van der Waals surface area contributed by atoms with Crippen LogP contribution in [0.3, 0.4) is 0 Å². The zero-order valence-corrected chi connectivity index (χ0v) is 14.2. The van der Waals surface area contributed by atoms with Crippen LogP contribution in [0.2, 0.25) is 25.7 Å². The summed E-state index contributed by atoms with van der Waals surface area (Å²) in [5.41, 5.74) is 0.871. The number of ether oxygens (including phenoxy) is 1. The highest BCUT2D eigenvalue weighted by molar-refractivity contribution is 7.13. The molecule has 2 rings (SSSR count). The third-order valence-corrected chi connectivity index (χ3v) is 5.42. The zero-order chi connectivity index (χ0) is 15.5. The molecule has 6 nitrogen and oxygen atoms in total. The van der Waals surface area contributed by atoms with E-state index in [0.29, 0.717) is 11.7 Å². The van der Waals surface area contributed by atoms with Crippen LogP contribution >= 0.6 is 11.3 Å². The zero-order valence-electron chi connectivity index (χ0n) is 12.4. The van der Waals surface area contributed by atoms with Crippen LogP contribution in [0.25, 0.3) is 10.6 Å². The molecule has 0 fully saturated rings. The highest BCUT2D eigenvalue weighted by Crippen LogP contribution is 2.23. The predicted molar refractivity (Wildman–Crippen MR) is 84.4 cm³/mol. The minimum atomic E-state index is -1.07. The maximum absolute atomic E-state index is 10.8. The number of rotatable bonds is 7. The van der Waals surface area contributed by atoms with E-state index in [1.165, 1.54) is 16.7 Å². The molecule has 1 N–H and O–H groups in total. The van der Waals surface area contributed by atoms with Crippen molar-refractivity contribution in [3.63, 3.8) is 0 Å². The Morgan fingerprint density at radius 2 is 2.24 bits per heavy atom. The topological polar surface area (TPSA) is 77.2 Å². The molecular weight excluding hydrogens is 306 g/mol. The molecule has 0 aromatic carbocycles. The van der Waals surface area contributed by atoms with E-state index < -0.39 is 14.0 Å². The normalized spacial score (nSPS) is 11.8. The number of carboxylic acids is 1. The molecule has 0 amide bonds. The minimum Gasteiger partial charge on any atom is -0.476 e. The van der Waals surface area contributed by atoms with Crippen LogP contribution in [-0.2, 0) is 11.5 Å². The van der Waals surface area contributed by atoms with E-state index in [2.05, 4.69) is 29.7 Å². The number of carboxylic acid groups (broad SMARTS) is 1. The number of carbonyl (C=O) groups is 1. The molecule has 8 heteroatoms. The first kappa shape index (κ1) is 15.9. The van der Waals surface area contributed by atoms with Gasteiger partial charge in [0, 0.05) is 31.8 Å². The van der Waals surface area contributed by atoms with Crippen molar-refractivity contribution in [1.82, 2.24) is 14.8 Å². The highest BCUT2D eigenvalue weighted by atomic mass is 32.1. The molecular formula is C13H19N3O3SSi. The molecule has 0 aliphatic heterocycles. The number of aromatic carboxylic acids is 1. The lowest BCUT2D eigenvalue weighted by Crippen LogP contribution is -2.22. The lowest BCUT2D eigenvalue weighted by Gasteiger charge is -2.15. The summed E-state index contributed by atoms with van der Waals surface area (Å²) >= 11 is 1.30. The second-order valence-corrected chi connectivity index (χ2v) is 12.4. The largest absolute Gasteiger partial charge is 0.476 e. The number of nitrogens with zero attached hydrogens (tertiary/aromatic N) is 3. The Hall–Kier alpha value is -1.51. The summed E-state index contributed by atoms with van der Waals surface area (Å²) in [6.07, 6.45) is 3.49. The van der Waals surface area contributed by atoms with E-state index in [9.17, 15) is 4.79 Å². The first-order chi connectivity index (χ1) is 9.85. The molecule has 0 radical (unpaired) electrons. The summed E-state index contributed by atoms with van der Waals surface area (Å²) in [4.78, 5) is 14.9. The van der Waals surface area contributed by atoms with Gasteiger partial charge in [-0.15, -0.1) is 11.3 Å². The van der Waals surface area contributed by atoms with Crippen LogP contribution in [0.1, 0.15) is 10.5 Å². The molecule has 0 aliphatic rings. The Labute approximate surface area is 128 Å². The smallest absolute Gasteiger partial charge is 0.355 e. The lowest BCUT2D eigenvalue weighted by atomic mass is 10.4. The molecule has 2 heterocycles. The van der Waals surface area contributed by atoms with Gasteiger partial charge in [0.25, 0.3) is 0 Å². The molecule has 21 heavy (non-hydrogen) atoms. The number of thiazole rings is 1. The molecule has 0 aliphatic carbocycles. The molecule has 0 atom stereocenters. The fourth-order valence-corrected chi connectivity index (χ4v) is 3.11. The molecule has 0 saturated heterocycles. The Morgan fingerprint density at radius 3 is 2.86 bits per heavy atom. The van der Waals surface area contributed by atoms with Gasteiger partial charge in [0.15, 0.2) is 5.69 Å². The fourth-order valence-electron chi connectivity index (χ4n) is 1.59. The summed E-state index contributed by atoms with van der Waals surface area (Å²) in [6, 6.07) is 1.12. The average Bonchev–Trinajstić information content (AvgIpc) is 3.02. The van der Waals surface area contributed by atoms with Gasteiger partial charge in [-0.1, -0.05) is 19.6 Å². The molecule has 114 valence electrons. The quantitative estimate of drug-likeness (QED) is 0.625. The van der Waals surface area contributed by atoms with Crippen molar-refractivity contribution >= 4 is 25.4 Å². The first-order valence-electron chi connectivity index (χ1n) is 6.64. The van der Waals surface area contributed by atoms with Crippen molar-refractivity contribution in [2.24, 2.45) is 0 Å². The van der Waals surface area contributed by atoms with Crippen molar-refractivity contribution in [1.29, 1.82) is 0 Å². The van der Waals surface area contributed by atoms with Crippen molar-refractivity contribution in [2.75, 3.05) is 6.61 Å². The number of aromatic nitrogens is 3. The Bertz CT molecular complexity index is 618. The van der Waals surface area contributed by atoms with Gasteiger partial charge in [-0.05, 0) is 6.04 Å². The van der Waals surface area contributed by atoms with Gasteiger partial charge in [-0.25, -0.2) is 14.5 Å².